The molecule has 0 spiro atoms. The number of nitrogens with zero attached hydrogens (tertiary/aromatic N) is 2. The van der Waals surface area contributed by atoms with Crippen LogP contribution in [0.4, 0.5) is 5.69 Å². The number of carbonyl (C=O) groups is 2. The van der Waals surface area contributed by atoms with Crippen molar-refractivity contribution in [3.05, 3.63) is 124 Å². The van der Waals surface area contributed by atoms with Crippen molar-refractivity contribution in [3.63, 3.8) is 0 Å². The van der Waals surface area contributed by atoms with Gasteiger partial charge in [-0.05, 0) is 60.4 Å². The lowest BCUT2D eigenvalue weighted by molar-refractivity contribution is -0.140. The zero-order valence-corrected chi connectivity index (χ0v) is 29.1. The first kappa shape index (κ1) is 35.3. The number of hydrogen-bond acceptors (Lipinski definition) is 5. The van der Waals surface area contributed by atoms with Crippen LogP contribution in [-0.4, -0.2) is 50.9 Å². The van der Waals surface area contributed by atoms with Gasteiger partial charge in [0.2, 0.25) is 11.8 Å². The third-order valence-corrected chi connectivity index (χ3v) is 10.9. The molecule has 4 aromatic rings. The Morgan fingerprint density at radius 3 is 2.19 bits per heavy atom. The van der Waals surface area contributed by atoms with Gasteiger partial charge in [0, 0.05) is 29.1 Å². The summed E-state index contributed by atoms with van der Waals surface area (Å²) >= 11 is 12.8. The summed E-state index contributed by atoms with van der Waals surface area (Å²) in [6.45, 7) is -0.666. The Morgan fingerprint density at radius 2 is 1.52 bits per heavy atom. The van der Waals surface area contributed by atoms with Gasteiger partial charge in [0.15, 0.2) is 0 Å². The summed E-state index contributed by atoms with van der Waals surface area (Å²) < 4.78 is 35.1. The van der Waals surface area contributed by atoms with Crippen molar-refractivity contribution >= 4 is 50.7 Å². The van der Waals surface area contributed by atoms with Crippen LogP contribution in [0.2, 0.25) is 10.0 Å². The van der Waals surface area contributed by atoms with Crippen LogP contribution < -0.4 is 14.4 Å². The molecule has 1 fully saturated rings. The molecule has 4 aromatic carbocycles. The number of rotatable bonds is 13. The lowest BCUT2D eigenvalue weighted by atomic mass is 9.94. The highest BCUT2D eigenvalue weighted by Gasteiger charge is 2.36. The molecule has 1 aliphatic carbocycles. The highest BCUT2D eigenvalue weighted by Crippen LogP contribution is 2.33. The average Bonchev–Trinajstić information content (AvgIpc) is 3.10. The van der Waals surface area contributed by atoms with Crippen molar-refractivity contribution in [2.75, 3.05) is 18.0 Å². The number of amides is 2. The standard InChI is InChI=1S/C37H39Cl2N3O5S/c1-47-35-20-12-11-19-33(35)42(48(45,46)31-17-9-4-10-18-31)26-36(43)41(25-28-21-22-29(38)24-32(28)39)34(23-27-13-5-2-6-14-27)37(44)40-30-15-7-3-8-16-30/h2,4-6,9-14,17-22,24,30,34H,3,7-8,15-16,23,25-26H2,1H3,(H,40,44)/t34-/m1/s1. The number of nitrogens with one attached hydrogen (secondary N) is 1. The number of halogens is 2. The maximum absolute atomic E-state index is 14.7. The number of hydrogen-bond donors (Lipinski definition) is 1. The first-order chi connectivity index (χ1) is 23.2. The Bertz CT molecular complexity index is 1800. The summed E-state index contributed by atoms with van der Waals surface area (Å²) in [5, 5.41) is 3.95. The minimum Gasteiger partial charge on any atom is -0.495 e. The van der Waals surface area contributed by atoms with Crippen molar-refractivity contribution in [3.8, 4) is 5.75 Å². The highest BCUT2D eigenvalue weighted by atomic mass is 35.5. The van der Waals surface area contributed by atoms with Gasteiger partial charge >= 0.3 is 0 Å². The summed E-state index contributed by atoms with van der Waals surface area (Å²) in [5.41, 5.74) is 1.60. The largest absolute Gasteiger partial charge is 0.495 e. The maximum atomic E-state index is 14.7. The molecule has 0 unspecified atom stereocenters. The first-order valence-corrected chi connectivity index (χ1v) is 18.2. The van der Waals surface area contributed by atoms with Gasteiger partial charge in [0.25, 0.3) is 10.0 Å². The Labute approximate surface area is 292 Å². The van der Waals surface area contributed by atoms with Gasteiger partial charge in [-0.3, -0.25) is 13.9 Å². The second-order valence-corrected chi connectivity index (χ2v) is 14.5. The summed E-state index contributed by atoms with van der Waals surface area (Å²) in [6.07, 6.45) is 5.07. The van der Waals surface area contributed by atoms with Crippen LogP contribution >= 0.6 is 23.2 Å². The normalized spacial score (nSPS) is 14.1. The van der Waals surface area contributed by atoms with Gasteiger partial charge in [0.05, 0.1) is 17.7 Å². The average molecular weight is 709 g/mol. The van der Waals surface area contributed by atoms with E-state index < -0.39 is 28.5 Å². The van der Waals surface area contributed by atoms with Gasteiger partial charge in [-0.1, -0.05) is 109 Å². The van der Waals surface area contributed by atoms with Crippen LogP contribution in [0.5, 0.6) is 5.75 Å². The van der Waals surface area contributed by atoms with Crippen molar-refractivity contribution < 1.29 is 22.7 Å². The molecular formula is C37H39Cl2N3O5S. The van der Waals surface area contributed by atoms with Crippen LogP contribution in [0.25, 0.3) is 0 Å². The van der Waals surface area contributed by atoms with Gasteiger partial charge in [-0.15, -0.1) is 0 Å². The quantitative estimate of drug-likeness (QED) is 0.158. The van der Waals surface area contributed by atoms with E-state index in [2.05, 4.69) is 5.32 Å². The van der Waals surface area contributed by atoms with Crippen molar-refractivity contribution in [1.82, 2.24) is 10.2 Å². The zero-order valence-electron chi connectivity index (χ0n) is 26.7. The van der Waals surface area contributed by atoms with Crippen molar-refractivity contribution in [2.24, 2.45) is 0 Å². The van der Waals surface area contributed by atoms with Crippen LogP contribution in [0.15, 0.2) is 108 Å². The van der Waals surface area contributed by atoms with E-state index in [1.807, 2.05) is 30.3 Å². The van der Waals surface area contributed by atoms with E-state index in [0.29, 0.717) is 15.6 Å². The van der Waals surface area contributed by atoms with Gasteiger partial charge in [0.1, 0.15) is 18.3 Å². The lowest BCUT2D eigenvalue weighted by Crippen LogP contribution is -2.55. The Balaban J connectivity index is 1.59. The molecule has 1 atom stereocenters. The van der Waals surface area contributed by atoms with E-state index in [-0.39, 0.29) is 41.2 Å². The molecule has 11 heteroatoms. The number of anilines is 1. The van der Waals surface area contributed by atoms with E-state index in [0.717, 1.165) is 42.0 Å². The highest BCUT2D eigenvalue weighted by molar-refractivity contribution is 7.92. The van der Waals surface area contributed by atoms with Crippen LogP contribution in [-0.2, 0) is 32.6 Å². The first-order valence-electron chi connectivity index (χ1n) is 16.0. The van der Waals surface area contributed by atoms with Gasteiger partial charge in [-0.25, -0.2) is 8.42 Å². The third kappa shape index (κ3) is 8.69. The number of carbonyl (C=O) groups excluding carboxylic acids is 2. The van der Waals surface area contributed by atoms with Gasteiger partial charge in [-0.2, -0.15) is 0 Å². The van der Waals surface area contributed by atoms with Crippen LogP contribution in [0.1, 0.15) is 43.2 Å². The van der Waals surface area contributed by atoms with E-state index in [1.165, 1.54) is 24.1 Å². The molecule has 0 radical (unpaired) electrons. The summed E-state index contributed by atoms with van der Waals surface area (Å²) in [4.78, 5) is 30.4. The number of benzene rings is 4. The minimum absolute atomic E-state index is 0.00637. The van der Waals surface area contributed by atoms with Crippen LogP contribution in [0.3, 0.4) is 0 Å². The predicted octanol–water partition coefficient (Wildman–Crippen LogP) is 7.29. The van der Waals surface area contributed by atoms with Gasteiger partial charge < -0.3 is 15.0 Å². The minimum atomic E-state index is -4.27. The summed E-state index contributed by atoms with van der Waals surface area (Å²) in [5.74, 6) is -0.627. The molecule has 1 N–H and O–H groups in total. The summed E-state index contributed by atoms with van der Waals surface area (Å²) in [6, 6.07) is 27.9. The summed E-state index contributed by atoms with van der Waals surface area (Å²) in [7, 11) is -2.83. The second kappa shape index (κ2) is 16.4. The van der Waals surface area contributed by atoms with E-state index in [9.17, 15) is 18.0 Å². The molecule has 48 heavy (non-hydrogen) atoms. The fourth-order valence-electron chi connectivity index (χ4n) is 6.00. The Kier molecular flexibility index (Phi) is 12.0. The molecule has 1 saturated carbocycles. The van der Waals surface area contributed by atoms with E-state index >= 15 is 0 Å². The lowest BCUT2D eigenvalue weighted by Gasteiger charge is -2.35. The number of methoxy groups -OCH3 is 1. The zero-order chi connectivity index (χ0) is 34.1. The molecule has 252 valence electrons. The van der Waals surface area contributed by atoms with E-state index in [1.54, 1.807) is 60.7 Å². The monoisotopic (exact) mass is 707 g/mol. The number of ether oxygens (including phenoxy) is 1. The molecule has 0 aromatic heterocycles. The fourth-order valence-corrected chi connectivity index (χ4v) is 7.91. The molecule has 1 aliphatic rings. The Hall–Kier alpha value is -4.05. The molecule has 0 bridgehead atoms. The topological polar surface area (TPSA) is 96.0 Å². The van der Waals surface area contributed by atoms with Crippen molar-refractivity contribution in [2.45, 2.75) is 62.0 Å². The van der Waals surface area contributed by atoms with Crippen molar-refractivity contribution in [1.29, 1.82) is 0 Å². The Morgan fingerprint density at radius 1 is 0.875 bits per heavy atom. The fraction of sp³-hybridized carbons (Fsp3) is 0.297. The number of para-hydroxylation sites is 2. The maximum Gasteiger partial charge on any atom is 0.264 e. The second-order valence-electron chi connectivity index (χ2n) is 11.8. The van der Waals surface area contributed by atoms with Crippen LogP contribution in [0, 0.1) is 0 Å². The molecule has 8 nitrogen and oxygen atoms in total. The number of sulfonamides is 1. The molecular weight excluding hydrogens is 669 g/mol. The molecule has 5 rings (SSSR count). The predicted molar refractivity (Wildman–Crippen MR) is 190 cm³/mol. The SMILES string of the molecule is COc1ccccc1N(CC(=O)N(Cc1ccc(Cl)cc1Cl)[C@H](Cc1ccccc1)C(=O)NC1CCCCC1)S(=O)(=O)c1ccccc1. The molecule has 0 saturated heterocycles. The van der Waals surface area contributed by atoms with E-state index in [4.69, 9.17) is 27.9 Å². The smallest absolute Gasteiger partial charge is 0.264 e. The molecule has 0 heterocycles. The molecule has 2 amide bonds. The third-order valence-electron chi connectivity index (χ3n) is 8.54. The molecule has 0 aliphatic heterocycles.